The Bertz CT molecular complexity index is 661. The minimum Gasteiger partial charge on any atom is -0.343 e. The summed E-state index contributed by atoms with van der Waals surface area (Å²) in [6.07, 6.45) is 2.34. The Morgan fingerprint density at radius 1 is 1.57 bits per heavy atom. The topological polar surface area (TPSA) is 85.1 Å². The molecule has 1 unspecified atom stereocenters. The summed E-state index contributed by atoms with van der Waals surface area (Å²) in [4.78, 5) is 26.6. The van der Waals surface area contributed by atoms with Crippen LogP contribution in [-0.2, 0) is 0 Å². The van der Waals surface area contributed by atoms with E-state index in [9.17, 15) is 14.9 Å². The van der Waals surface area contributed by atoms with Gasteiger partial charge in [0.05, 0.1) is 11.0 Å². The van der Waals surface area contributed by atoms with Gasteiger partial charge < -0.3 is 5.32 Å². The van der Waals surface area contributed by atoms with Gasteiger partial charge in [-0.2, -0.15) is 0 Å². The first-order chi connectivity index (χ1) is 10.0. The number of nitro groups is 1. The fourth-order valence-electron chi connectivity index (χ4n) is 1.78. The smallest absolute Gasteiger partial charge is 0.288 e. The van der Waals surface area contributed by atoms with Crippen molar-refractivity contribution in [3.63, 3.8) is 0 Å². The molecule has 0 fully saturated rings. The van der Waals surface area contributed by atoms with Gasteiger partial charge in [-0.3, -0.25) is 14.9 Å². The normalized spacial score (nSPS) is 11.9. The van der Waals surface area contributed by atoms with Crippen molar-refractivity contribution in [2.45, 2.75) is 19.4 Å². The molecule has 2 aromatic rings. The third-order valence-electron chi connectivity index (χ3n) is 2.87. The van der Waals surface area contributed by atoms with Crippen molar-refractivity contribution >= 4 is 34.5 Å². The Morgan fingerprint density at radius 3 is 2.90 bits per heavy atom. The van der Waals surface area contributed by atoms with E-state index in [1.54, 1.807) is 6.20 Å². The van der Waals surface area contributed by atoms with E-state index >= 15 is 0 Å². The Morgan fingerprint density at radius 2 is 2.33 bits per heavy atom. The van der Waals surface area contributed by atoms with Gasteiger partial charge in [-0.25, -0.2) is 4.98 Å². The molecule has 2 rings (SSSR count). The average Bonchev–Trinajstić information content (AvgIpc) is 2.98. The van der Waals surface area contributed by atoms with Crippen LogP contribution in [0.25, 0.3) is 0 Å². The predicted octanol–water partition coefficient (Wildman–Crippen LogP) is 3.59. The van der Waals surface area contributed by atoms with Crippen molar-refractivity contribution in [2.75, 3.05) is 0 Å². The first-order valence-electron chi connectivity index (χ1n) is 6.17. The number of halogens is 1. The molecule has 110 valence electrons. The van der Waals surface area contributed by atoms with E-state index in [1.807, 2.05) is 12.3 Å². The van der Waals surface area contributed by atoms with Crippen LogP contribution in [0.2, 0.25) is 5.02 Å². The first-order valence-corrected chi connectivity index (χ1v) is 7.43. The summed E-state index contributed by atoms with van der Waals surface area (Å²) < 4.78 is 0. The molecule has 6 nitrogen and oxygen atoms in total. The lowest BCUT2D eigenvalue weighted by molar-refractivity contribution is -0.384. The minimum atomic E-state index is -0.614. The maximum absolute atomic E-state index is 12.2. The number of nitro benzene ring substituents is 1. The summed E-state index contributed by atoms with van der Waals surface area (Å²) in [5.74, 6) is -0.392. The maximum atomic E-state index is 12.2. The third kappa shape index (κ3) is 3.56. The standard InChI is InChI=1S/C13H12ClN3O3S/c1-2-10(13-15-5-6-21-13)16-12(18)8-3-4-9(14)11(7-8)17(19)20/h3-7,10H,2H2,1H3,(H,16,18). The van der Waals surface area contributed by atoms with Crippen LogP contribution >= 0.6 is 22.9 Å². The highest BCUT2D eigenvalue weighted by atomic mass is 35.5. The largest absolute Gasteiger partial charge is 0.343 e. The molecule has 1 N–H and O–H groups in total. The number of benzene rings is 1. The molecule has 0 bridgehead atoms. The number of nitrogens with zero attached hydrogens (tertiary/aromatic N) is 2. The second-order valence-corrected chi connectivity index (χ2v) is 5.56. The van der Waals surface area contributed by atoms with E-state index in [1.165, 1.54) is 29.5 Å². The molecule has 1 atom stereocenters. The van der Waals surface area contributed by atoms with Crippen molar-refractivity contribution in [1.29, 1.82) is 0 Å². The number of amides is 1. The quantitative estimate of drug-likeness (QED) is 0.672. The molecule has 21 heavy (non-hydrogen) atoms. The van der Waals surface area contributed by atoms with E-state index in [2.05, 4.69) is 10.3 Å². The summed E-state index contributed by atoms with van der Waals surface area (Å²) in [6, 6.07) is 3.76. The molecule has 0 spiro atoms. The van der Waals surface area contributed by atoms with Gasteiger partial charge in [0, 0.05) is 23.2 Å². The van der Waals surface area contributed by atoms with Crippen LogP contribution in [-0.4, -0.2) is 15.8 Å². The summed E-state index contributed by atoms with van der Waals surface area (Å²) in [5, 5.41) is 16.3. The number of hydrogen-bond donors (Lipinski definition) is 1. The predicted molar refractivity (Wildman–Crippen MR) is 80.7 cm³/mol. The molecule has 0 saturated heterocycles. The molecule has 0 radical (unpaired) electrons. The SMILES string of the molecule is CCC(NC(=O)c1ccc(Cl)c([N+](=O)[O-])c1)c1nccs1. The fourth-order valence-corrected chi connectivity index (χ4v) is 2.74. The number of hydrogen-bond acceptors (Lipinski definition) is 5. The number of rotatable bonds is 5. The van der Waals surface area contributed by atoms with Crippen molar-refractivity contribution in [1.82, 2.24) is 10.3 Å². The molecular formula is C13H12ClN3O3S. The summed E-state index contributed by atoms with van der Waals surface area (Å²) in [5.41, 5.74) is -0.0901. The molecule has 1 aromatic carbocycles. The van der Waals surface area contributed by atoms with Gasteiger partial charge in [-0.1, -0.05) is 18.5 Å². The Balaban J connectivity index is 2.20. The molecule has 1 aromatic heterocycles. The van der Waals surface area contributed by atoms with Gasteiger partial charge in [0.15, 0.2) is 0 Å². The molecule has 0 aliphatic carbocycles. The van der Waals surface area contributed by atoms with E-state index in [4.69, 9.17) is 11.6 Å². The van der Waals surface area contributed by atoms with Crippen molar-refractivity contribution < 1.29 is 9.72 Å². The van der Waals surface area contributed by atoms with Crippen LogP contribution in [0.15, 0.2) is 29.8 Å². The van der Waals surface area contributed by atoms with Crippen LogP contribution in [0.1, 0.15) is 34.8 Å². The maximum Gasteiger partial charge on any atom is 0.288 e. The summed E-state index contributed by atoms with van der Waals surface area (Å²) in [7, 11) is 0. The number of thiazole rings is 1. The molecule has 0 aliphatic rings. The second kappa shape index (κ2) is 6.64. The lowest BCUT2D eigenvalue weighted by atomic mass is 10.1. The molecule has 1 amide bonds. The van der Waals surface area contributed by atoms with E-state index in [-0.39, 0.29) is 22.3 Å². The molecule has 0 saturated carbocycles. The zero-order valence-corrected chi connectivity index (χ0v) is 12.6. The zero-order valence-electron chi connectivity index (χ0n) is 11.1. The van der Waals surface area contributed by atoms with Crippen molar-refractivity contribution in [3.05, 3.63) is 55.5 Å². The Kier molecular flexibility index (Phi) is 4.87. The lowest BCUT2D eigenvalue weighted by Crippen LogP contribution is -2.28. The average molecular weight is 326 g/mol. The first kappa shape index (κ1) is 15.4. The zero-order chi connectivity index (χ0) is 15.4. The van der Waals surface area contributed by atoms with Gasteiger partial charge >= 0.3 is 0 Å². The van der Waals surface area contributed by atoms with Crippen molar-refractivity contribution in [2.24, 2.45) is 0 Å². The second-order valence-electron chi connectivity index (χ2n) is 4.23. The van der Waals surface area contributed by atoms with Gasteiger partial charge in [0.1, 0.15) is 10.0 Å². The van der Waals surface area contributed by atoms with Crippen LogP contribution in [0, 0.1) is 10.1 Å². The third-order valence-corrected chi connectivity index (χ3v) is 4.08. The number of aromatic nitrogens is 1. The van der Waals surface area contributed by atoms with Crippen molar-refractivity contribution in [3.8, 4) is 0 Å². The highest BCUT2D eigenvalue weighted by Gasteiger charge is 2.19. The summed E-state index contributed by atoms with van der Waals surface area (Å²) in [6.45, 7) is 1.93. The number of carbonyl (C=O) groups is 1. The van der Waals surface area contributed by atoms with Gasteiger partial charge in [0.25, 0.3) is 11.6 Å². The highest BCUT2D eigenvalue weighted by Crippen LogP contribution is 2.26. The molecule has 8 heteroatoms. The Labute approximate surface area is 129 Å². The fraction of sp³-hybridized carbons (Fsp3) is 0.231. The molecular weight excluding hydrogens is 314 g/mol. The number of carbonyl (C=O) groups excluding carboxylic acids is 1. The van der Waals surface area contributed by atoms with Gasteiger partial charge in [-0.05, 0) is 18.6 Å². The van der Waals surface area contributed by atoms with Gasteiger partial charge in [0.2, 0.25) is 0 Å². The van der Waals surface area contributed by atoms with Crippen LogP contribution in [0.4, 0.5) is 5.69 Å². The lowest BCUT2D eigenvalue weighted by Gasteiger charge is -2.14. The monoisotopic (exact) mass is 325 g/mol. The van der Waals surface area contributed by atoms with Gasteiger partial charge in [-0.15, -0.1) is 11.3 Å². The summed E-state index contributed by atoms with van der Waals surface area (Å²) >= 11 is 7.18. The molecule has 0 aliphatic heterocycles. The molecule has 1 heterocycles. The van der Waals surface area contributed by atoms with Crippen LogP contribution in [0.5, 0.6) is 0 Å². The minimum absolute atomic E-state index is 0.00325. The number of nitrogens with one attached hydrogen (secondary N) is 1. The van der Waals surface area contributed by atoms with Crippen LogP contribution in [0.3, 0.4) is 0 Å². The Hall–Kier alpha value is -1.99. The van der Waals surface area contributed by atoms with Crippen LogP contribution < -0.4 is 5.32 Å². The van der Waals surface area contributed by atoms with E-state index in [0.717, 1.165) is 5.01 Å². The van der Waals surface area contributed by atoms with E-state index in [0.29, 0.717) is 6.42 Å². The van der Waals surface area contributed by atoms with E-state index < -0.39 is 10.8 Å². The highest BCUT2D eigenvalue weighted by molar-refractivity contribution is 7.09.